The second-order valence-electron chi connectivity index (χ2n) is 5.87. The molecular formula is C15H20N2O7S. The van der Waals surface area contributed by atoms with Gasteiger partial charge in [0.05, 0.1) is 23.2 Å². The Hall–Kier alpha value is -2.17. The Labute approximate surface area is 145 Å². The molecule has 10 heteroatoms. The number of aliphatic carboxylic acids is 1. The summed E-state index contributed by atoms with van der Waals surface area (Å²) in [6, 6.07) is 2.21. The summed E-state index contributed by atoms with van der Waals surface area (Å²) in [5.74, 6) is -1.41. The summed E-state index contributed by atoms with van der Waals surface area (Å²) in [6.07, 6.45) is -1.67. The van der Waals surface area contributed by atoms with Gasteiger partial charge in [-0.05, 0) is 32.0 Å². The zero-order chi connectivity index (χ0) is 18.9. The lowest BCUT2D eigenvalue weighted by Crippen LogP contribution is -2.47. The number of ether oxygens (including phenoxy) is 1. The van der Waals surface area contributed by atoms with Crippen LogP contribution >= 0.6 is 0 Å². The number of carbonyl (C=O) groups excluding carboxylic acids is 1. The van der Waals surface area contributed by atoms with Crippen molar-refractivity contribution in [2.45, 2.75) is 43.9 Å². The topological polar surface area (TPSA) is 133 Å². The summed E-state index contributed by atoms with van der Waals surface area (Å²) in [5.41, 5.74) is 0.289. The standard InChI is InChI=1S/C15H20N2O7S/c1-8-7-17(10(3)19)12-6-11(4-5-13(12)24-8)25(22,23)16-14(9(2)18)15(20)21/h4-6,8-9,14,16,18H,7H2,1-3H3,(H,20,21). The highest BCUT2D eigenvalue weighted by Crippen LogP contribution is 2.35. The van der Waals surface area contributed by atoms with E-state index in [2.05, 4.69) is 0 Å². The number of sulfonamides is 1. The van der Waals surface area contributed by atoms with Crippen LogP contribution in [0.25, 0.3) is 0 Å². The molecule has 0 saturated heterocycles. The maximum Gasteiger partial charge on any atom is 0.324 e. The summed E-state index contributed by atoms with van der Waals surface area (Å²) < 4.78 is 32.4. The van der Waals surface area contributed by atoms with Crippen LogP contribution in [0.3, 0.4) is 0 Å². The van der Waals surface area contributed by atoms with Crippen LogP contribution in [0.5, 0.6) is 5.75 Å². The number of nitrogens with one attached hydrogen (secondary N) is 1. The smallest absolute Gasteiger partial charge is 0.324 e. The third-order valence-electron chi connectivity index (χ3n) is 3.71. The molecule has 25 heavy (non-hydrogen) atoms. The van der Waals surface area contributed by atoms with Gasteiger partial charge < -0.3 is 19.8 Å². The van der Waals surface area contributed by atoms with Gasteiger partial charge in [-0.25, -0.2) is 8.42 Å². The number of benzene rings is 1. The molecule has 0 aliphatic carbocycles. The molecule has 9 nitrogen and oxygen atoms in total. The predicted octanol–water partition coefficient (Wildman–Crippen LogP) is -0.0673. The molecule has 3 atom stereocenters. The van der Waals surface area contributed by atoms with Gasteiger partial charge in [-0.15, -0.1) is 0 Å². The highest BCUT2D eigenvalue weighted by molar-refractivity contribution is 7.89. The van der Waals surface area contributed by atoms with Gasteiger partial charge in [0, 0.05) is 6.92 Å². The zero-order valence-electron chi connectivity index (χ0n) is 14.0. The first-order chi connectivity index (χ1) is 11.5. The van der Waals surface area contributed by atoms with E-state index < -0.39 is 28.1 Å². The number of amides is 1. The minimum atomic E-state index is -4.23. The monoisotopic (exact) mass is 372 g/mol. The molecule has 0 spiro atoms. The number of carboxylic acids is 1. The Morgan fingerprint density at radius 1 is 1.40 bits per heavy atom. The van der Waals surface area contributed by atoms with E-state index in [4.69, 9.17) is 9.84 Å². The second kappa shape index (κ2) is 6.98. The van der Waals surface area contributed by atoms with E-state index in [-0.39, 0.29) is 29.1 Å². The van der Waals surface area contributed by atoms with Crippen LogP contribution in [0.2, 0.25) is 0 Å². The normalized spacial score (nSPS) is 19.5. The summed E-state index contributed by atoms with van der Waals surface area (Å²) in [7, 11) is -4.23. The first-order valence-corrected chi connectivity index (χ1v) is 9.03. The number of fused-ring (bicyclic) bond motifs is 1. The van der Waals surface area contributed by atoms with Crippen molar-refractivity contribution in [3.8, 4) is 5.75 Å². The Balaban J connectivity index is 2.42. The van der Waals surface area contributed by atoms with E-state index in [9.17, 15) is 23.1 Å². The molecule has 0 saturated carbocycles. The quantitative estimate of drug-likeness (QED) is 0.659. The summed E-state index contributed by atoms with van der Waals surface area (Å²) >= 11 is 0. The molecule has 0 aromatic heterocycles. The number of aliphatic hydroxyl groups excluding tert-OH is 1. The molecule has 1 amide bonds. The average molecular weight is 372 g/mol. The van der Waals surface area contributed by atoms with Crippen molar-refractivity contribution in [2.24, 2.45) is 0 Å². The van der Waals surface area contributed by atoms with E-state index in [0.29, 0.717) is 5.75 Å². The van der Waals surface area contributed by atoms with Gasteiger partial charge >= 0.3 is 5.97 Å². The van der Waals surface area contributed by atoms with E-state index in [1.807, 2.05) is 4.72 Å². The Bertz CT molecular complexity index is 791. The van der Waals surface area contributed by atoms with Crippen LogP contribution in [0.15, 0.2) is 23.1 Å². The molecule has 1 aromatic rings. The van der Waals surface area contributed by atoms with Gasteiger partial charge in [0.25, 0.3) is 0 Å². The molecule has 0 fully saturated rings. The average Bonchev–Trinajstić information content (AvgIpc) is 2.50. The van der Waals surface area contributed by atoms with Gasteiger partial charge in [-0.1, -0.05) is 0 Å². The predicted molar refractivity (Wildman–Crippen MR) is 88.0 cm³/mol. The molecule has 3 unspecified atom stereocenters. The van der Waals surface area contributed by atoms with Crippen LogP contribution in [-0.4, -0.2) is 55.3 Å². The number of nitrogens with zero attached hydrogens (tertiary/aromatic N) is 1. The zero-order valence-corrected chi connectivity index (χ0v) is 14.8. The number of hydrogen-bond donors (Lipinski definition) is 3. The first-order valence-electron chi connectivity index (χ1n) is 7.55. The number of hydrogen-bond acceptors (Lipinski definition) is 6. The Morgan fingerprint density at radius 3 is 2.56 bits per heavy atom. The van der Waals surface area contributed by atoms with E-state index >= 15 is 0 Å². The summed E-state index contributed by atoms with van der Waals surface area (Å²) in [5, 5.41) is 18.5. The summed E-state index contributed by atoms with van der Waals surface area (Å²) in [4.78, 5) is 24.1. The van der Waals surface area contributed by atoms with Crippen LogP contribution in [0.1, 0.15) is 20.8 Å². The van der Waals surface area contributed by atoms with Crippen LogP contribution < -0.4 is 14.4 Å². The molecule has 0 bridgehead atoms. The van der Waals surface area contributed by atoms with Crippen LogP contribution in [-0.2, 0) is 19.6 Å². The minimum Gasteiger partial charge on any atom is -0.487 e. The fraction of sp³-hybridized carbons (Fsp3) is 0.467. The number of carbonyl (C=O) groups is 2. The second-order valence-corrected chi connectivity index (χ2v) is 7.58. The van der Waals surface area contributed by atoms with Crippen molar-refractivity contribution in [1.29, 1.82) is 0 Å². The molecule has 1 aliphatic heterocycles. The molecule has 3 N–H and O–H groups in total. The van der Waals surface area contributed by atoms with Crippen molar-refractivity contribution in [2.75, 3.05) is 11.4 Å². The van der Waals surface area contributed by atoms with Crippen LogP contribution in [0.4, 0.5) is 5.69 Å². The van der Waals surface area contributed by atoms with Crippen LogP contribution in [0, 0.1) is 0 Å². The van der Waals surface area contributed by atoms with E-state index in [0.717, 1.165) is 0 Å². The lowest BCUT2D eigenvalue weighted by atomic mass is 10.2. The van der Waals surface area contributed by atoms with Gasteiger partial charge in [0.15, 0.2) is 0 Å². The third kappa shape index (κ3) is 4.09. The fourth-order valence-electron chi connectivity index (χ4n) is 2.47. The summed E-state index contributed by atoms with van der Waals surface area (Å²) in [6.45, 7) is 4.58. The fourth-order valence-corrected chi connectivity index (χ4v) is 3.76. The van der Waals surface area contributed by atoms with Crippen molar-refractivity contribution in [3.05, 3.63) is 18.2 Å². The largest absolute Gasteiger partial charge is 0.487 e. The highest BCUT2D eigenvalue weighted by Gasteiger charge is 2.31. The van der Waals surface area contributed by atoms with Crippen molar-refractivity contribution in [3.63, 3.8) is 0 Å². The van der Waals surface area contributed by atoms with Gasteiger partial charge in [-0.3, -0.25) is 9.59 Å². The van der Waals surface area contributed by atoms with E-state index in [1.165, 1.54) is 36.9 Å². The lowest BCUT2D eigenvalue weighted by Gasteiger charge is -2.33. The first kappa shape index (κ1) is 19.2. The molecule has 138 valence electrons. The number of anilines is 1. The maximum atomic E-state index is 12.4. The Kier molecular flexibility index (Phi) is 5.35. The number of rotatable bonds is 5. The van der Waals surface area contributed by atoms with Gasteiger partial charge in [0.2, 0.25) is 15.9 Å². The molecule has 1 aliphatic rings. The number of carboxylic acid groups (broad SMARTS) is 1. The molecule has 1 aromatic carbocycles. The minimum absolute atomic E-state index is 0.234. The molecular weight excluding hydrogens is 352 g/mol. The van der Waals surface area contributed by atoms with E-state index in [1.54, 1.807) is 6.92 Å². The third-order valence-corrected chi connectivity index (χ3v) is 5.15. The van der Waals surface area contributed by atoms with Crippen molar-refractivity contribution >= 4 is 27.6 Å². The SMILES string of the molecule is CC(=O)N1CC(C)Oc2ccc(S(=O)(=O)NC(C(=O)O)C(C)O)cc21. The number of aliphatic hydroxyl groups is 1. The molecule has 1 heterocycles. The van der Waals surface area contributed by atoms with Gasteiger partial charge in [0.1, 0.15) is 17.9 Å². The molecule has 0 radical (unpaired) electrons. The molecule has 2 rings (SSSR count). The maximum absolute atomic E-state index is 12.4. The van der Waals surface area contributed by atoms with Gasteiger partial charge in [-0.2, -0.15) is 4.72 Å². The van der Waals surface area contributed by atoms with Crippen molar-refractivity contribution < 1.29 is 33.0 Å². The highest BCUT2D eigenvalue weighted by atomic mass is 32.2. The Morgan fingerprint density at radius 2 is 2.04 bits per heavy atom. The lowest BCUT2D eigenvalue weighted by molar-refractivity contribution is -0.141. The van der Waals surface area contributed by atoms with Crippen molar-refractivity contribution in [1.82, 2.24) is 4.72 Å².